The molecular formula is C15H22ClN. The van der Waals surface area contributed by atoms with Crippen molar-refractivity contribution in [3.05, 3.63) is 35.9 Å². The van der Waals surface area contributed by atoms with E-state index >= 15 is 0 Å². The molecule has 17 heavy (non-hydrogen) atoms. The summed E-state index contributed by atoms with van der Waals surface area (Å²) in [5, 5.41) is 0. The van der Waals surface area contributed by atoms with Gasteiger partial charge in [0.15, 0.2) is 0 Å². The van der Waals surface area contributed by atoms with Crippen LogP contribution < -0.4 is 0 Å². The quantitative estimate of drug-likeness (QED) is 0.736. The van der Waals surface area contributed by atoms with Gasteiger partial charge in [-0.2, -0.15) is 0 Å². The molecule has 2 rings (SSSR count). The highest BCUT2D eigenvalue weighted by atomic mass is 35.5. The second kappa shape index (κ2) is 7.03. The van der Waals surface area contributed by atoms with Crippen LogP contribution in [0.5, 0.6) is 0 Å². The third-order valence-corrected chi connectivity index (χ3v) is 4.01. The van der Waals surface area contributed by atoms with Gasteiger partial charge in [-0.05, 0) is 30.9 Å². The predicted molar refractivity (Wildman–Crippen MR) is 74.4 cm³/mol. The molecule has 1 nitrogen and oxygen atoms in total. The van der Waals surface area contributed by atoms with Gasteiger partial charge >= 0.3 is 0 Å². The lowest BCUT2D eigenvalue weighted by Gasteiger charge is -2.29. The highest BCUT2D eigenvalue weighted by Gasteiger charge is 2.16. The van der Waals surface area contributed by atoms with E-state index in [0.29, 0.717) is 5.92 Å². The first kappa shape index (κ1) is 12.9. The monoisotopic (exact) mass is 251 g/mol. The fraction of sp³-hybridized carbons (Fsp3) is 0.600. The summed E-state index contributed by atoms with van der Waals surface area (Å²) in [5.41, 5.74) is 1.42. The SMILES string of the molecule is ClCC1CCCCCN(Cc2ccccc2)C1. The van der Waals surface area contributed by atoms with Gasteiger partial charge in [0.05, 0.1) is 0 Å². The van der Waals surface area contributed by atoms with E-state index in [1.165, 1.54) is 44.3 Å². The Bertz CT molecular complexity index is 312. The van der Waals surface area contributed by atoms with Crippen molar-refractivity contribution in [3.63, 3.8) is 0 Å². The van der Waals surface area contributed by atoms with Gasteiger partial charge in [-0.3, -0.25) is 4.90 Å². The summed E-state index contributed by atoms with van der Waals surface area (Å²) in [6.07, 6.45) is 5.35. The molecule has 0 aromatic heterocycles. The summed E-state index contributed by atoms with van der Waals surface area (Å²) < 4.78 is 0. The average Bonchev–Trinajstić information content (AvgIpc) is 2.34. The molecule has 1 aliphatic rings. The molecule has 0 amide bonds. The van der Waals surface area contributed by atoms with Gasteiger partial charge in [-0.1, -0.05) is 43.2 Å². The van der Waals surface area contributed by atoms with E-state index in [4.69, 9.17) is 11.6 Å². The molecular weight excluding hydrogens is 230 g/mol. The number of benzene rings is 1. The average molecular weight is 252 g/mol. The summed E-state index contributed by atoms with van der Waals surface area (Å²) in [5.74, 6) is 1.49. The first-order chi connectivity index (χ1) is 8.38. The van der Waals surface area contributed by atoms with Crippen molar-refractivity contribution in [2.24, 2.45) is 5.92 Å². The minimum Gasteiger partial charge on any atom is -0.299 e. The molecule has 1 heterocycles. The van der Waals surface area contributed by atoms with Crippen LogP contribution in [0.25, 0.3) is 0 Å². The van der Waals surface area contributed by atoms with Crippen LogP contribution in [0.3, 0.4) is 0 Å². The van der Waals surface area contributed by atoms with E-state index in [-0.39, 0.29) is 0 Å². The lowest BCUT2D eigenvalue weighted by molar-refractivity contribution is 0.203. The Morgan fingerprint density at radius 3 is 2.71 bits per heavy atom. The first-order valence-corrected chi connectivity index (χ1v) is 7.24. The third kappa shape index (κ3) is 4.33. The van der Waals surface area contributed by atoms with Crippen LogP contribution in [0.1, 0.15) is 31.2 Å². The normalized spacial score (nSPS) is 23.0. The van der Waals surface area contributed by atoms with Gasteiger partial charge in [0.2, 0.25) is 0 Å². The summed E-state index contributed by atoms with van der Waals surface area (Å²) in [7, 11) is 0. The van der Waals surface area contributed by atoms with E-state index in [2.05, 4.69) is 35.2 Å². The lowest BCUT2D eigenvalue weighted by Crippen LogP contribution is -2.32. The van der Waals surface area contributed by atoms with E-state index in [9.17, 15) is 0 Å². The maximum atomic E-state index is 6.05. The van der Waals surface area contributed by atoms with Crippen molar-refractivity contribution in [2.75, 3.05) is 19.0 Å². The molecule has 1 saturated heterocycles. The maximum absolute atomic E-state index is 6.05. The summed E-state index contributed by atoms with van der Waals surface area (Å²) in [6, 6.07) is 10.8. The number of hydrogen-bond donors (Lipinski definition) is 0. The number of halogens is 1. The van der Waals surface area contributed by atoms with Gasteiger partial charge in [0, 0.05) is 19.0 Å². The minimum atomic E-state index is 0.681. The first-order valence-electron chi connectivity index (χ1n) is 6.70. The second-order valence-corrected chi connectivity index (χ2v) is 5.40. The Labute approximate surface area is 110 Å². The van der Waals surface area contributed by atoms with Crippen molar-refractivity contribution in [1.29, 1.82) is 0 Å². The van der Waals surface area contributed by atoms with Crippen molar-refractivity contribution in [1.82, 2.24) is 4.90 Å². The number of alkyl halides is 1. The Morgan fingerprint density at radius 2 is 1.94 bits per heavy atom. The molecule has 0 radical (unpaired) electrons. The van der Waals surface area contributed by atoms with Gasteiger partial charge in [-0.25, -0.2) is 0 Å². The molecule has 2 heteroatoms. The fourth-order valence-electron chi connectivity index (χ4n) is 2.60. The predicted octanol–water partition coefficient (Wildman–Crippen LogP) is 3.92. The number of nitrogens with zero attached hydrogens (tertiary/aromatic N) is 1. The third-order valence-electron chi connectivity index (χ3n) is 3.57. The number of hydrogen-bond acceptors (Lipinski definition) is 1. The van der Waals surface area contributed by atoms with Gasteiger partial charge < -0.3 is 0 Å². The second-order valence-electron chi connectivity index (χ2n) is 5.09. The Kier molecular flexibility index (Phi) is 5.34. The van der Waals surface area contributed by atoms with E-state index in [1.807, 2.05) is 0 Å². The van der Waals surface area contributed by atoms with E-state index < -0.39 is 0 Å². The molecule has 0 spiro atoms. The lowest BCUT2D eigenvalue weighted by atomic mass is 9.99. The van der Waals surface area contributed by atoms with Crippen LogP contribution in [0.15, 0.2) is 30.3 Å². The largest absolute Gasteiger partial charge is 0.299 e. The van der Waals surface area contributed by atoms with Crippen molar-refractivity contribution in [2.45, 2.75) is 32.2 Å². The number of rotatable bonds is 3. The van der Waals surface area contributed by atoms with E-state index in [1.54, 1.807) is 0 Å². The molecule has 1 atom stereocenters. The van der Waals surface area contributed by atoms with Gasteiger partial charge in [0.1, 0.15) is 0 Å². The molecule has 0 N–H and O–H groups in total. The van der Waals surface area contributed by atoms with Crippen LogP contribution in [0.4, 0.5) is 0 Å². The van der Waals surface area contributed by atoms with Crippen molar-refractivity contribution in [3.8, 4) is 0 Å². The Morgan fingerprint density at radius 1 is 1.12 bits per heavy atom. The number of likely N-dealkylation sites (tertiary alicyclic amines) is 1. The minimum absolute atomic E-state index is 0.681. The molecule has 0 saturated carbocycles. The molecule has 1 aromatic carbocycles. The Hall–Kier alpha value is -0.530. The zero-order chi connectivity index (χ0) is 11.9. The fourth-order valence-corrected chi connectivity index (χ4v) is 2.86. The molecule has 1 aromatic rings. The molecule has 1 fully saturated rings. The summed E-state index contributed by atoms with van der Waals surface area (Å²) in [4.78, 5) is 2.57. The van der Waals surface area contributed by atoms with Crippen LogP contribution in [0, 0.1) is 5.92 Å². The van der Waals surface area contributed by atoms with Crippen LogP contribution in [-0.2, 0) is 6.54 Å². The van der Waals surface area contributed by atoms with Gasteiger partial charge in [-0.15, -0.1) is 11.6 Å². The van der Waals surface area contributed by atoms with E-state index in [0.717, 1.165) is 12.4 Å². The summed E-state index contributed by atoms with van der Waals surface area (Å²) in [6.45, 7) is 3.47. The maximum Gasteiger partial charge on any atom is 0.0263 e. The molecule has 0 bridgehead atoms. The highest BCUT2D eigenvalue weighted by Crippen LogP contribution is 2.19. The smallest absolute Gasteiger partial charge is 0.0263 e. The Balaban J connectivity index is 1.93. The van der Waals surface area contributed by atoms with Gasteiger partial charge in [0.25, 0.3) is 0 Å². The van der Waals surface area contributed by atoms with Crippen molar-refractivity contribution < 1.29 is 0 Å². The molecule has 94 valence electrons. The zero-order valence-electron chi connectivity index (χ0n) is 10.4. The molecule has 1 unspecified atom stereocenters. The standard InChI is InChI=1S/C15H22ClN/c16-11-15-9-5-2-6-10-17(13-15)12-14-7-3-1-4-8-14/h1,3-4,7-8,15H,2,5-6,9-13H2. The summed E-state index contributed by atoms with van der Waals surface area (Å²) >= 11 is 6.05. The van der Waals surface area contributed by atoms with Crippen LogP contribution in [0.2, 0.25) is 0 Å². The van der Waals surface area contributed by atoms with Crippen LogP contribution >= 0.6 is 11.6 Å². The molecule has 0 aliphatic carbocycles. The topological polar surface area (TPSA) is 3.24 Å². The van der Waals surface area contributed by atoms with Crippen molar-refractivity contribution >= 4 is 11.6 Å². The molecule has 1 aliphatic heterocycles. The van der Waals surface area contributed by atoms with Crippen LogP contribution in [-0.4, -0.2) is 23.9 Å². The zero-order valence-corrected chi connectivity index (χ0v) is 11.2. The highest BCUT2D eigenvalue weighted by molar-refractivity contribution is 6.18.